The Morgan fingerprint density at radius 2 is 2.05 bits per heavy atom. The maximum Gasteiger partial charge on any atom is 0.314 e. The molecule has 3 aliphatic heterocycles. The molecule has 3 aliphatic rings. The summed E-state index contributed by atoms with van der Waals surface area (Å²) in [5.74, 6) is 0.780. The van der Waals surface area contributed by atoms with Crippen LogP contribution in [0.25, 0.3) is 0 Å². The van der Waals surface area contributed by atoms with Gasteiger partial charge in [0.15, 0.2) is 11.9 Å². The van der Waals surface area contributed by atoms with Gasteiger partial charge in [0.2, 0.25) is 0 Å². The first kappa shape index (κ1) is 12.6. The van der Waals surface area contributed by atoms with Crippen LogP contribution >= 0.6 is 0 Å². The van der Waals surface area contributed by atoms with Crippen LogP contribution in [0.15, 0.2) is 41.8 Å². The van der Waals surface area contributed by atoms with E-state index in [1.54, 1.807) is 0 Å². The van der Waals surface area contributed by atoms with Crippen molar-refractivity contribution < 1.29 is 9.66 Å². The summed E-state index contributed by atoms with van der Waals surface area (Å²) in [7, 11) is 0. The molecule has 1 aromatic rings. The molecule has 0 unspecified atom stereocenters. The van der Waals surface area contributed by atoms with Crippen molar-refractivity contribution in [3.63, 3.8) is 0 Å². The molecule has 0 spiro atoms. The lowest BCUT2D eigenvalue weighted by molar-refractivity contribution is -0.443. The normalized spacial score (nSPS) is 27.2. The van der Waals surface area contributed by atoms with Crippen LogP contribution in [0.5, 0.6) is 0 Å². The lowest BCUT2D eigenvalue weighted by Gasteiger charge is -2.32. The SMILES string of the molecule is O=[N+]([O-])C1=C2N(Cc3ccccc3)CCN2[C@H]2CC[C@@H]1O2. The van der Waals surface area contributed by atoms with Crippen LogP contribution < -0.4 is 0 Å². The molecule has 6 heteroatoms. The maximum absolute atomic E-state index is 11.5. The van der Waals surface area contributed by atoms with Crippen LogP contribution in [-0.4, -0.2) is 40.1 Å². The van der Waals surface area contributed by atoms with Crippen molar-refractivity contribution >= 4 is 0 Å². The Bertz CT molecular complexity index is 601. The quantitative estimate of drug-likeness (QED) is 0.626. The standard InChI is InChI=1S/C15H17N3O3/c19-18(20)14-12-6-7-13(21-12)17-9-8-16(15(14)17)10-11-4-2-1-3-5-11/h1-5,12-13H,6-10H2/t12-,13+/m0/s1. The summed E-state index contributed by atoms with van der Waals surface area (Å²) in [4.78, 5) is 15.4. The molecule has 21 heavy (non-hydrogen) atoms. The first-order valence-corrected chi connectivity index (χ1v) is 7.33. The van der Waals surface area contributed by atoms with Crippen molar-refractivity contribution in [3.05, 3.63) is 57.5 Å². The smallest absolute Gasteiger partial charge is 0.314 e. The molecule has 2 saturated heterocycles. The van der Waals surface area contributed by atoms with Gasteiger partial charge in [0.1, 0.15) is 6.23 Å². The molecule has 2 fully saturated rings. The number of hydrogen-bond donors (Lipinski definition) is 0. The van der Waals surface area contributed by atoms with Gasteiger partial charge in [0, 0.05) is 19.6 Å². The van der Waals surface area contributed by atoms with Gasteiger partial charge in [-0.2, -0.15) is 0 Å². The fourth-order valence-corrected chi connectivity index (χ4v) is 3.56. The predicted molar refractivity (Wildman–Crippen MR) is 75.5 cm³/mol. The Hall–Kier alpha value is -2.08. The van der Waals surface area contributed by atoms with E-state index >= 15 is 0 Å². The largest absolute Gasteiger partial charge is 0.347 e. The molecule has 110 valence electrons. The molecule has 0 amide bonds. The van der Waals surface area contributed by atoms with Crippen LogP contribution in [0, 0.1) is 10.1 Å². The van der Waals surface area contributed by atoms with Crippen LogP contribution in [0.2, 0.25) is 0 Å². The van der Waals surface area contributed by atoms with E-state index in [9.17, 15) is 10.1 Å². The molecule has 0 N–H and O–H groups in total. The van der Waals surface area contributed by atoms with Crippen LogP contribution in [-0.2, 0) is 11.3 Å². The van der Waals surface area contributed by atoms with E-state index in [-0.39, 0.29) is 23.0 Å². The van der Waals surface area contributed by atoms with E-state index in [1.165, 1.54) is 5.56 Å². The molecule has 0 aliphatic carbocycles. The monoisotopic (exact) mass is 287 g/mol. The topological polar surface area (TPSA) is 58.9 Å². The summed E-state index contributed by atoms with van der Waals surface area (Å²) in [6.45, 7) is 2.33. The van der Waals surface area contributed by atoms with Crippen LogP contribution in [0.3, 0.4) is 0 Å². The Morgan fingerprint density at radius 3 is 2.81 bits per heavy atom. The molecular formula is C15H17N3O3. The maximum atomic E-state index is 11.5. The molecule has 2 atom stereocenters. The van der Waals surface area contributed by atoms with Crippen molar-refractivity contribution in [1.29, 1.82) is 0 Å². The molecular weight excluding hydrogens is 270 g/mol. The second kappa shape index (κ2) is 4.73. The minimum absolute atomic E-state index is 0.0227. The van der Waals surface area contributed by atoms with E-state index in [4.69, 9.17) is 4.74 Å². The third kappa shape index (κ3) is 1.98. The molecule has 0 aromatic heterocycles. The molecule has 0 saturated carbocycles. The fraction of sp³-hybridized carbons (Fsp3) is 0.467. The summed E-state index contributed by atoms with van der Waals surface area (Å²) in [5, 5.41) is 11.5. The second-order valence-corrected chi connectivity index (χ2v) is 5.72. The molecule has 2 bridgehead atoms. The van der Waals surface area contributed by atoms with E-state index in [0.717, 1.165) is 31.8 Å². The summed E-state index contributed by atoms with van der Waals surface area (Å²) >= 11 is 0. The zero-order valence-corrected chi connectivity index (χ0v) is 11.6. The summed E-state index contributed by atoms with van der Waals surface area (Å²) < 4.78 is 5.78. The minimum atomic E-state index is -0.340. The molecule has 0 radical (unpaired) electrons. The first-order chi connectivity index (χ1) is 10.2. The number of nitro groups is 1. The van der Waals surface area contributed by atoms with Crippen molar-refractivity contribution in [3.8, 4) is 0 Å². The zero-order chi connectivity index (χ0) is 14.4. The number of ether oxygens (including phenoxy) is 1. The third-order valence-corrected chi connectivity index (χ3v) is 4.47. The minimum Gasteiger partial charge on any atom is -0.347 e. The highest BCUT2D eigenvalue weighted by atomic mass is 16.6. The van der Waals surface area contributed by atoms with Crippen molar-refractivity contribution in [2.45, 2.75) is 31.7 Å². The number of hydrogen-bond acceptors (Lipinski definition) is 5. The summed E-state index contributed by atoms with van der Waals surface area (Å²) in [5.41, 5.74) is 1.42. The summed E-state index contributed by atoms with van der Waals surface area (Å²) in [6.07, 6.45) is 1.31. The van der Waals surface area contributed by atoms with Gasteiger partial charge in [0.05, 0.1) is 4.92 Å². The van der Waals surface area contributed by atoms with Gasteiger partial charge in [-0.25, -0.2) is 0 Å². The Kier molecular flexibility index (Phi) is 2.85. The zero-order valence-electron chi connectivity index (χ0n) is 11.6. The van der Waals surface area contributed by atoms with E-state index in [0.29, 0.717) is 6.54 Å². The Morgan fingerprint density at radius 1 is 1.24 bits per heavy atom. The van der Waals surface area contributed by atoms with Crippen LogP contribution in [0.1, 0.15) is 18.4 Å². The lowest BCUT2D eigenvalue weighted by atomic mass is 10.2. The van der Waals surface area contributed by atoms with Gasteiger partial charge in [-0.15, -0.1) is 0 Å². The second-order valence-electron chi connectivity index (χ2n) is 5.72. The Labute approximate surface area is 122 Å². The van der Waals surface area contributed by atoms with E-state index in [1.807, 2.05) is 18.2 Å². The highest BCUT2D eigenvalue weighted by molar-refractivity contribution is 5.22. The summed E-state index contributed by atoms with van der Waals surface area (Å²) in [6, 6.07) is 10.1. The molecule has 6 nitrogen and oxygen atoms in total. The first-order valence-electron chi connectivity index (χ1n) is 7.33. The molecule has 3 heterocycles. The molecule has 1 aromatic carbocycles. The van der Waals surface area contributed by atoms with Crippen molar-refractivity contribution in [2.24, 2.45) is 0 Å². The van der Waals surface area contributed by atoms with Gasteiger partial charge < -0.3 is 14.5 Å². The van der Waals surface area contributed by atoms with Gasteiger partial charge in [-0.05, 0) is 18.4 Å². The fourth-order valence-electron chi connectivity index (χ4n) is 3.56. The highest BCUT2D eigenvalue weighted by Gasteiger charge is 2.50. The van der Waals surface area contributed by atoms with Gasteiger partial charge in [-0.3, -0.25) is 10.1 Å². The predicted octanol–water partition coefficient (Wildman–Crippen LogP) is 1.77. The number of benzene rings is 1. The lowest BCUT2D eigenvalue weighted by Crippen LogP contribution is -2.41. The average molecular weight is 287 g/mol. The Balaban J connectivity index is 1.70. The number of fused-ring (bicyclic) bond motifs is 4. The average Bonchev–Trinajstić information content (AvgIpc) is 3.07. The van der Waals surface area contributed by atoms with Crippen molar-refractivity contribution in [1.82, 2.24) is 9.80 Å². The van der Waals surface area contributed by atoms with Crippen LogP contribution in [0.4, 0.5) is 0 Å². The molecule has 4 rings (SSSR count). The number of nitrogens with zero attached hydrogens (tertiary/aromatic N) is 3. The van der Waals surface area contributed by atoms with E-state index in [2.05, 4.69) is 21.9 Å². The number of rotatable bonds is 3. The van der Waals surface area contributed by atoms with Gasteiger partial charge >= 0.3 is 5.70 Å². The van der Waals surface area contributed by atoms with Gasteiger partial charge in [0.25, 0.3) is 0 Å². The highest BCUT2D eigenvalue weighted by Crippen LogP contribution is 2.41. The van der Waals surface area contributed by atoms with E-state index < -0.39 is 0 Å². The van der Waals surface area contributed by atoms with Crippen molar-refractivity contribution in [2.75, 3.05) is 13.1 Å². The van der Waals surface area contributed by atoms with Gasteiger partial charge in [-0.1, -0.05) is 30.3 Å². The third-order valence-electron chi connectivity index (χ3n) is 4.47.